The number of allylic oxidation sites excluding steroid dienone is 5. The van der Waals surface area contributed by atoms with E-state index in [0.29, 0.717) is 11.9 Å². The molecule has 0 saturated carbocycles. The molecule has 1 aliphatic rings. The lowest BCUT2D eigenvalue weighted by Gasteiger charge is -2.08. The van der Waals surface area contributed by atoms with Crippen molar-refractivity contribution in [1.29, 1.82) is 0 Å². The third-order valence-corrected chi connectivity index (χ3v) is 2.13. The summed E-state index contributed by atoms with van der Waals surface area (Å²) in [6, 6.07) is 0. The summed E-state index contributed by atoms with van der Waals surface area (Å²) in [6.07, 6.45) is 4.59. The zero-order chi connectivity index (χ0) is 12.0. The molecule has 0 aliphatic heterocycles. The van der Waals surface area contributed by atoms with Gasteiger partial charge in [0.2, 0.25) is 0 Å². The van der Waals surface area contributed by atoms with Gasteiger partial charge in [-0.05, 0) is 18.1 Å². The number of carbonyl (C=O) groups excluding carboxylic acids is 2. The highest BCUT2D eigenvalue weighted by Gasteiger charge is 2.18. The van der Waals surface area contributed by atoms with Gasteiger partial charge in [-0.15, -0.1) is 0 Å². The van der Waals surface area contributed by atoms with E-state index in [-0.39, 0.29) is 12.0 Å². The van der Waals surface area contributed by atoms with Crippen molar-refractivity contribution in [3.05, 3.63) is 40.4 Å². The minimum atomic E-state index is -1.56. The molecule has 0 spiro atoms. The summed E-state index contributed by atoms with van der Waals surface area (Å²) in [4.78, 5) is 31.8. The number of aldehydes is 1. The van der Waals surface area contributed by atoms with E-state index in [2.05, 4.69) is 5.18 Å². The van der Waals surface area contributed by atoms with Crippen molar-refractivity contribution in [3.8, 4) is 0 Å². The zero-order valence-electron chi connectivity index (χ0n) is 8.43. The molecule has 5 heteroatoms. The first-order valence-corrected chi connectivity index (χ1v) is 4.68. The van der Waals surface area contributed by atoms with Gasteiger partial charge in [-0.25, -0.2) is 4.39 Å². The van der Waals surface area contributed by atoms with E-state index >= 15 is 0 Å². The molecule has 0 radical (unpaired) electrons. The number of ketones is 1. The predicted octanol–water partition coefficient (Wildman–Crippen LogP) is 1.67. The highest BCUT2D eigenvalue weighted by Crippen LogP contribution is 2.16. The van der Waals surface area contributed by atoms with Gasteiger partial charge in [0.15, 0.2) is 5.78 Å². The molecule has 1 unspecified atom stereocenters. The van der Waals surface area contributed by atoms with Gasteiger partial charge in [-0.1, -0.05) is 23.4 Å². The largest absolute Gasteiger partial charge is 0.298 e. The molecule has 0 amide bonds. The van der Waals surface area contributed by atoms with Gasteiger partial charge in [0, 0.05) is 5.57 Å². The molecular formula is C11H10FNO3. The lowest BCUT2D eigenvalue weighted by Crippen LogP contribution is -2.15. The maximum atomic E-state index is 13.5. The molecule has 0 aromatic carbocycles. The molecule has 1 rings (SSSR count). The standard InChI is InChI=1S/C11H10FNO3/c12-10-3-1-2-8(7-14)4-5-9(10)11(15)6-13-16/h1-3,5,7,10H,4,6H2/b3-1+,8-2+,9-5?. The Balaban J connectivity index is 2.95. The Morgan fingerprint density at radius 3 is 3.00 bits per heavy atom. The molecule has 0 aromatic rings. The van der Waals surface area contributed by atoms with Crippen LogP contribution in [0.25, 0.3) is 0 Å². The number of Topliss-reactive ketones (excluding diaryl/α,β-unsaturated/α-hetero) is 1. The first-order chi connectivity index (χ1) is 7.69. The summed E-state index contributed by atoms with van der Waals surface area (Å²) in [6.45, 7) is -0.583. The second-order valence-electron chi connectivity index (χ2n) is 3.22. The fourth-order valence-corrected chi connectivity index (χ4v) is 1.29. The van der Waals surface area contributed by atoms with Gasteiger partial charge in [0.05, 0.1) is 0 Å². The highest BCUT2D eigenvalue weighted by atomic mass is 19.1. The van der Waals surface area contributed by atoms with Crippen LogP contribution in [0.3, 0.4) is 0 Å². The lowest BCUT2D eigenvalue weighted by atomic mass is 10.00. The smallest absolute Gasteiger partial charge is 0.186 e. The topological polar surface area (TPSA) is 63.6 Å². The van der Waals surface area contributed by atoms with Crippen LogP contribution >= 0.6 is 0 Å². The van der Waals surface area contributed by atoms with Crippen molar-refractivity contribution in [2.24, 2.45) is 5.18 Å². The van der Waals surface area contributed by atoms with E-state index in [1.54, 1.807) is 0 Å². The lowest BCUT2D eigenvalue weighted by molar-refractivity contribution is -0.114. The monoisotopic (exact) mass is 223 g/mol. The Kier molecular flexibility index (Phi) is 4.44. The van der Waals surface area contributed by atoms with Gasteiger partial charge in [0.25, 0.3) is 0 Å². The van der Waals surface area contributed by atoms with E-state index < -0.39 is 18.5 Å². The first-order valence-electron chi connectivity index (χ1n) is 4.68. The number of nitroso groups, excluding NO2 is 1. The van der Waals surface area contributed by atoms with Crippen LogP contribution in [-0.2, 0) is 9.59 Å². The predicted molar refractivity (Wildman–Crippen MR) is 56.6 cm³/mol. The molecule has 0 fully saturated rings. The van der Waals surface area contributed by atoms with Crippen molar-refractivity contribution in [2.45, 2.75) is 12.6 Å². The Morgan fingerprint density at radius 2 is 2.38 bits per heavy atom. The number of rotatable bonds is 4. The average Bonchev–Trinajstić information content (AvgIpc) is 2.24. The fourth-order valence-electron chi connectivity index (χ4n) is 1.29. The fraction of sp³-hybridized carbons (Fsp3) is 0.273. The second-order valence-corrected chi connectivity index (χ2v) is 3.22. The first kappa shape index (κ1) is 12.2. The van der Waals surface area contributed by atoms with Crippen LogP contribution < -0.4 is 0 Å². The highest BCUT2D eigenvalue weighted by molar-refractivity contribution is 5.98. The summed E-state index contributed by atoms with van der Waals surface area (Å²) >= 11 is 0. The van der Waals surface area contributed by atoms with Crippen LogP contribution in [0.15, 0.2) is 40.6 Å². The van der Waals surface area contributed by atoms with Crippen molar-refractivity contribution in [1.82, 2.24) is 0 Å². The van der Waals surface area contributed by atoms with Crippen molar-refractivity contribution in [3.63, 3.8) is 0 Å². The molecule has 0 saturated heterocycles. The molecule has 16 heavy (non-hydrogen) atoms. The van der Waals surface area contributed by atoms with Crippen LogP contribution in [-0.4, -0.2) is 24.8 Å². The Hall–Kier alpha value is -1.91. The maximum Gasteiger partial charge on any atom is 0.186 e. The molecule has 0 bridgehead atoms. The number of nitrogens with zero attached hydrogens (tertiary/aromatic N) is 1. The molecule has 1 atom stereocenters. The van der Waals surface area contributed by atoms with Gasteiger partial charge in [0.1, 0.15) is 19.0 Å². The average molecular weight is 223 g/mol. The summed E-state index contributed by atoms with van der Waals surface area (Å²) < 4.78 is 13.5. The van der Waals surface area contributed by atoms with Crippen LogP contribution in [0.4, 0.5) is 4.39 Å². The van der Waals surface area contributed by atoms with E-state index in [0.717, 1.165) is 6.08 Å². The Labute approximate surface area is 91.5 Å². The molecule has 0 N–H and O–H groups in total. The van der Waals surface area contributed by atoms with Gasteiger partial charge in [-0.3, -0.25) is 9.59 Å². The quantitative estimate of drug-likeness (QED) is 0.538. The van der Waals surface area contributed by atoms with Crippen LogP contribution in [0, 0.1) is 4.91 Å². The Morgan fingerprint density at radius 1 is 1.62 bits per heavy atom. The normalized spacial score (nSPS) is 25.4. The third-order valence-electron chi connectivity index (χ3n) is 2.13. The number of hydrogen-bond acceptors (Lipinski definition) is 4. The van der Waals surface area contributed by atoms with E-state index in [9.17, 15) is 18.9 Å². The van der Waals surface area contributed by atoms with Crippen LogP contribution in [0.2, 0.25) is 0 Å². The van der Waals surface area contributed by atoms with Crippen molar-refractivity contribution >= 4 is 12.1 Å². The molecule has 1 aliphatic carbocycles. The summed E-state index contributed by atoms with van der Waals surface area (Å²) in [5, 5.41) is 2.42. The summed E-state index contributed by atoms with van der Waals surface area (Å²) in [7, 11) is 0. The van der Waals surface area contributed by atoms with Crippen molar-refractivity contribution in [2.75, 3.05) is 6.54 Å². The Bertz CT molecular complexity index is 396. The van der Waals surface area contributed by atoms with E-state index in [4.69, 9.17) is 0 Å². The molecule has 0 heterocycles. The summed E-state index contributed by atoms with van der Waals surface area (Å²) in [5.74, 6) is -0.653. The van der Waals surface area contributed by atoms with E-state index in [1.165, 1.54) is 18.2 Å². The van der Waals surface area contributed by atoms with Gasteiger partial charge >= 0.3 is 0 Å². The van der Waals surface area contributed by atoms with Crippen LogP contribution in [0.1, 0.15) is 6.42 Å². The minimum absolute atomic E-state index is 0.122. The number of carbonyl (C=O) groups is 2. The third kappa shape index (κ3) is 3.05. The SMILES string of the molecule is O=C/C1=C/C=C/C(F)C(C(=O)CN=O)=CC1. The molecule has 84 valence electrons. The zero-order valence-corrected chi connectivity index (χ0v) is 8.43. The second kappa shape index (κ2) is 5.85. The van der Waals surface area contributed by atoms with Crippen molar-refractivity contribution < 1.29 is 14.0 Å². The van der Waals surface area contributed by atoms with Gasteiger partial charge in [-0.2, -0.15) is 4.91 Å². The summed E-state index contributed by atoms with van der Waals surface area (Å²) in [5.41, 5.74) is 0.316. The van der Waals surface area contributed by atoms with Gasteiger partial charge < -0.3 is 0 Å². The maximum absolute atomic E-state index is 13.5. The number of alkyl halides is 1. The van der Waals surface area contributed by atoms with Crippen LogP contribution in [0.5, 0.6) is 0 Å². The minimum Gasteiger partial charge on any atom is -0.298 e. The molecular weight excluding hydrogens is 213 g/mol. The molecule has 4 nitrogen and oxygen atoms in total. The van der Waals surface area contributed by atoms with E-state index in [1.807, 2.05) is 0 Å². The number of halogens is 1. The molecule has 0 aromatic heterocycles. The number of hydrogen-bond donors (Lipinski definition) is 0.